The van der Waals surface area contributed by atoms with E-state index in [4.69, 9.17) is 29.8 Å². The number of nitrogens with two attached hydrogens (primary N) is 1. The van der Waals surface area contributed by atoms with Gasteiger partial charge in [-0.1, -0.05) is 60.7 Å². The van der Waals surface area contributed by atoms with Crippen molar-refractivity contribution < 1.29 is 52.8 Å². The summed E-state index contributed by atoms with van der Waals surface area (Å²) >= 11 is 2.60. The molecule has 17 nitrogen and oxygen atoms in total. The van der Waals surface area contributed by atoms with Crippen LogP contribution in [0.5, 0.6) is 0 Å². The lowest BCUT2D eigenvalue weighted by Crippen LogP contribution is -2.49. The highest BCUT2D eigenvalue weighted by molar-refractivity contribution is 7.21. The highest BCUT2D eigenvalue weighted by Crippen LogP contribution is 2.28. The zero-order valence-electron chi connectivity index (χ0n) is 35.9. The Hall–Kier alpha value is -6.67. The Morgan fingerprint density at radius 3 is 1.56 bits per heavy atom. The van der Waals surface area contributed by atoms with Gasteiger partial charge in [0.15, 0.2) is 0 Å². The molecule has 0 radical (unpaired) electrons. The molecule has 6 N–H and O–H groups in total. The number of nitrogens with zero attached hydrogens (tertiary/aromatic N) is 2. The van der Waals surface area contributed by atoms with Gasteiger partial charge < -0.3 is 45.7 Å². The number of aromatic nitrogens is 2. The van der Waals surface area contributed by atoms with Crippen LogP contribution in [0, 0.1) is 13.8 Å². The summed E-state index contributed by atoms with van der Waals surface area (Å²) in [6.45, 7) is 3.97. The van der Waals surface area contributed by atoms with Crippen LogP contribution in [0.25, 0.3) is 20.4 Å². The van der Waals surface area contributed by atoms with Crippen LogP contribution in [0.3, 0.4) is 0 Å². The first kappa shape index (κ1) is 50.3. The van der Waals surface area contributed by atoms with Gasteiger partial charge in [-0.2, -0.15) is 0 Å². The molecule has 2 aromatic carbocycles. The van der Waals surface area contributed by atoms with E-state index < -0.39 is 42.2 Å². The lowest BCUT2D eigenvalue weighted by Gasteiger charge is -2.18. The molecule has 2 atom stereocenters. The number of halogens is 1. The molecule has 2 saturated carbocycles. The van der Waals surface area contributed by atoms with E-state index in [9.17, 15) is 28.8 Å². The van der Waals surface area contributed by atoms with Crippen LogP contribution in [0.1, 0.15) is 67.3 Å². The van der Waals surface area contributed by atoms with Crippen molar-refractivity contribution in [1.82, 2.24) is 25.9 Å². The number of carbonyl (C=O) groups excluding carboxylic acids is 5. The number of aromatic carboxylic acids is 1. The van der Waals surface area contributed by atoms with E-state index in [2.05, 4.69) is 25.9 Å². The predicted octanol–water partition coefficient (Wildman–Crippen LogP) is 7.01. The lowest BCUT2D eigenvalue weighted by atomic mass is 10.2. The number of carbonyl (C=O) groups is 6. The number of ether oxygens (including phenoxy) is 4. The molecule has 3 amide bonds. The second-order valence-electron chi connectivity index (χ2n) is 14.9. The quantitative estimate of drug-likeness (QED) is 0.0514. The molecule has 4 heterocycles. The van der Waals surface area contributed by atoms with Gasteiger partial charge in [-0.05, 0) is 86.1 Å². The largest absolute Gasteiger partial charge is 0.477 e. The van der Waals surface area contributed by atoms with Crippen LogP contribution >= 0.6 is 35.1 Å². The average Bonchev–Trinajstić information content (AvgIpc) is 4.22. The number of carboxylic acid groups (broad SMARTS) is 1. The van der Waals surface area contributed by atoms with Gasteiger partial charge in [0.1, 0.15) is 42.4 Å². The topological polar surface area (TPSA) is 247 Å². The number of esters is 2. The molecule has 4 aromatic heterocycles. The maximum absolute atomic E-state index is 12.7. The van der Waals surface area contributed by atoms with Crippen LogP contribution in [0.4, 0.5) is 9.59 Å². The highest BCUT2D eigenvalue weighted by atomic mass is 35.5. The lowest BCUT2D eigenvalue weighted by molar-refractivity contribution is -0.147. The van der Waals surface area contributed by atoms with Gasteiger partial charge >= 0.3 is 30.1 Å². The van der Waals surface area contributed by atoms with E-state index in [1.807, 2.05) is 86.6 Å². The zero-order chi connectivity index (χ0) is 46.3. The molecule has 6 aromatic rings. The number of fused-ring (bicyclic) bond motifs is 2. The number of pyridine rings is 2. The van der Waals surface area contributed by atoms with Gasteiger partial charge in [0.25, 0.3) is 5.91 Å². The maximum atomic E-state index is 12.7. The fourth-order valence-corrected chi connectivity index (χ4v) is 7.64. The minimum absolute atomic E-state index is 0. The monoisotopic (exact) mass is 960 g/mol. The predicted molar refractivity (Wildman–Crippen MR) is 250 cm³/mol. The van der Waals surface area contributed by atoms with Gasteiger partial charge in [-0.25, -0.2) is 24.0 Å². The number of carboxylic acids is 1. The summed E-state index contributed by atoms with van der Waals surface area (Å²) < 4.78 is 22.5. The SMILES string of the molecule is Cc1ccnc2cc(C(=O)NC[C@@H](NC(=O)OCc3ccccc3)C(=O)OC3CC3)sc12.Cc1ccnc2cc(C(=O)O)sc12.Cl.NC[C@@H](NC(=O)OCc1ccccc1)C(=O)OC1CC1. The van der Waals surface area contributed by atoms with Crippen LogP contribution in [-0.2, 0) is 41.8 Å². The summed E-state index contributed by atoms with van der Waals surface area (Å²) in [5.41, 5.74) is 10.8. The third-order valence-corrected chi connectivity index (χ3v) is 12.1. The first-order chi connectivity index (χ1) is 31.4. The first-order valence-electron chi connectivity index (χ1n) is 20.6. The molecule has 8 rings (SSSR count). The zero-order valence-corrected chi connectivity index (χ0v) is 38.4. The van der Waals surface area contributed by atoms with Crippen LogP contribution in [-0.4, -0.2) is 88.5 Å². The van der Waals surface area contributed by atoms with Crippen molar-refractivity contribution in [3.8, 4) is 0 Å². The third kappa shape index (κ3) is 15.5. The second-order valence-corrected chi connectivity index (χ2v) is 17.1. The summed E-state index contributed by atoms with van der Waals surface area (Å²) in [7, 11) is 0. The van der Waals surface area contributed by atoms with Gasteiger partial charge in [0, 0.05) is 25.5 Å². The fraction of sp³-hybridized carbons (Fsp3) is 0.304. The Balaban J connectivity index is 0.000000204. The van der Waals surface area contributed by atoms with Crippen LogP contribution in [0.2, 0.25) is 0 Å². The number of rotatable bonds is 15. The van der Waals surface area contributed by atoms with Gasteiger partial charge in [-0.3, -0.25) is 14.8 Å². The molecule has 2 aliphatic rings. The molecule has 2 fully saturated rings. The van der Waals surface area contributed by atoms with Crippen molar-refractivity contribution in [3.05, 3.63) is 129 Å². The van der Waals surface area contributed by atoms with Crippen LogP contribution < -0.4 is 21.7 Å². The Kier molecular flexibility index (Phi) is 18.7. The van der Waals surface area contributed by atoms with E-state index in [0.29, 0.717) is 9.75 Å². The number of hydrogen-bond acceptors (Lipinski definition) is 15. The van der Waals surface area contributed by atoms with E-state index in [0.717, 1.165) is 68.4 Å². The number of nitrogens with one attached hydrogen (secondary N) is 3. The van der Waals surface area contributed by atoms with Gasteiger partial charge in [0.05, 0.1) is 25.3 Å². The molecule has 2 aliphatic carbocycles. The average molecular weight is 962 g/mol. The minimum Gasteiger partial charge on any atom is -0.477 e. The Morgan fingerprint density at radius 2 is 1.12 bits per heavy atom. The number of benzene rings is 2. The number of amides is 3. The number of aryl methyl sites for hydroxylation is 2. The molecule has 0 saturated heterocycles. The summed E-state index contributed by atoms with van der Waals surface area (Å²) in [4.78, 5) is 80.5. The van der Waals surface area contributed by atoms with E-state index in [1.165, 1.54) is 22.7 Å². The van der Waals surface area contributed by atoms with Crippen molar-refractivity contribution in [3.63, 3.8) is 0 Å². The first-order valence-corrected chi connectivity index (χ1v) is 22.3. The highest BCUT2D eigenvalue weighted by Gasteiger charge is 2.32. The van der Waals surface area contributed by atoms with Crippen molar-refractivity contribution in [1.29, 1.82) is 0 Å². The number of hydrogen-bond donors (Lipinski definition) is 5. The van der Waals surface area contributed by atoms with Crippen molar-refractivity contribution in [2.75, 3.05) is 13.1 Å². The summed E-state index contributed by atoms with van der Waals surface area (Å²) in [6, 6.07) is 23.6. The van der Waals surface area contributed by atoms with Gasteiger partial charge in [0.2, 0.25) is 0 Å². The molecular formula is C46H49ClN6O11S2. The molecule has 0 bridgehead atoms. The second kappa shape index (κ2) is 24.6. The minimum atomic E-state index is -1.06. The maximum Gasteiger partial charge on any atom is 0.408 e. The van der Waals surface area contributed by atoms with E-state index >= 15 is 0 Å². The summed E-state index contributed by atoms with van der Waals surface area (Å²) in [5, 5.41) is 16.4. The number of alkyl carbamates (subject to hydrolysis) is 2. The van der Waals surface area contributed by atoms with E-state index in [1.54, 1.807) is 24.5 Å². The molecule has 66 heavy (non-hydrogen) atoms. The molecule has 0 aliphatic heterocycles. The molecule has 0 spiro atoms. The molecule has 348 valence electrons. The number of thiophene rings is 2. The summed E-state index contributed by atoms with van der Waals surface area (Å²) in [6.07, 6.45) is 5.16. The van der Waals surface area contributed by atoms with Crippen molar-refractivity contribution in [2.45, 2.75) is 77.0 Å². The molecular weight excluding hydrogens is 912 g/mol. The fourth-order valence-electron chi connectivity index (χ4n) is 5.71. The normalized spacial score (nSPS) is 13.4. The summed E-state index contributed by atoms with van der Waals surface area (Å²) in [5.74, 6) is -2.34. The van der Waals surface area contributed by atoms with E-state index in [-0.39, 0.29) is 56.8 Å². The van der Waals surface area contributed by atoms with Gasteiger partial charge in [-0.15, -0.1) is 35.1 Å². The Morgan fingerprint density at radius 1 is 0.682 bits per heavy atom. The molecule has 20 heteroatoms. The Labute approximate surface area is 393 Å². The standard InChI is InChI=1S/C23H23N3O5S.C14H18N2O4.C9H7NO2S.ClH/c1-14-9-10-24-17-11-19(32-20(14)17)21(27)25-12-18(22(28)31-16-7-8-16)26-23(29)30-13-15-5-3-2-4-6-15;15-8-12(13(17)20-11-6-7-11)16-14(18)19-9-10-4-2-1-3-5-10;1-5-2-3-10-6-4-7(9(11)12)13-8(5)6;/h2-6,9-11,16,18H,7-8,12-13H2,1H3,(H,25,27)(H,26,29);1-5,11-12H,6-9,15H2,(H,16,18);2-4H,1H3,(H,11,12);1H/t18-;12-;;/m11../s1. The van der Waals surface area contributed by atoms with Crippen molar-refractivity contribution >= 4 is 91.5 Å². The third-order valence-electron chi connectivity index (χ3n) is 9.55. The molecule has 0 unspecified atom stereocenters. The smallest absolute Gasteiger partial charge is 0.408 e. The van der Waals surface area contributed by atoms with Crippen molar-refractivity contribution in [2.24, 2.45) is 5.73 Å². The Bertz CT molecular complexity index is 2610. The van der Waals surface area contributed by atoms with Crippen LogP contribution in [0.15, 0.2) is 97.3 Å².